The fourth-order valence-corrected chi connectivity index (χ4v) is 1.90. The van der Waals surface area contributed by atoms with Crippen molar-refractivity contribution < 1.29 is 4.79 Å². The molecule has 0 amide bonds. The third kappa shape index (κ3) is 8.90. The van der Waals surface area contributed by atoms with E-state index < -0.39 is 0 Å². The minimum atomic E-state index is 0.391. The lowest BCUT2D eigenvalue weighted by molar-refractivity contribution is -0.120. The number of carbonyl (C=O) groups is 1. The van der Waals surface area contributed by atoms with Gasteiger partial charge in [-0.15, -0.1) is 0 Å². The van der Waals surface area contributed by atoms with Gasteiger partial charge in [-0.1, -0.05) is 33.6 Å². The minimum absolute atomic E-state index is 0.391. The molecule has 0 spiro atoms. The first-order valence-electron chi connectivity index (χ1n) is 6.79. The highest BCUT2D eigenvalue weighted by molar-refractivity contribution is 5.78. The molecule has 2 heteroatoms. The summed E-state index contributed by atoms with van der Waals surface area (Å²) in [5, 5.41) is 3.33. The SMILES string of the molecule is CC(=O)C1CCCC1.CCCNCC(C)C. The Kier molecular flexibility index (Phi) is 9.60. The van der Waals surface area contributed by atoms with E-state index in [0.717, 1.165) is 31.8 Å². The molecule has 0 aliphatic heterocycles. The summed E-state index contributed by atoms with van der Waals surface area (Å²) in [6, 6.07) is 0. The van der Waals surface area contributed by atoms with Gasteiger partial charge < -0.3 is 5.32 Å². The molecule has 1 fully saturated rings. The summed E-state index contributed by atoms with van der Waals surface area (Å²) in [6.07, 6.45) is 6.08. The summed E-state index contributed by atoms with van der Waals surface area (Å²) < 4.78 is 0. The zero-order valence-electron chi connectivity index (χ0n) is 11.5. The average molecular weight is 227 g/mol. The molecule has 96 valence electrons. The maximum atomic E-state index is 10.6. The predicted octanol–water partition coefficient (Wildman–Crippen LogP) is 3.41. The first-order chi connectivity index (χ1) is 7.57. The molecule has 0 aromatic heterocycles. The van der Waals surface area contributed by atoms with Crippen LogP contribution in [0.15, 0.2) is 0 Å². The molecule has 16 heavy (non-hydrogen) atoms. The van der Waals surface area contributed by atoms with Crippen LogP contribution >= 0.6 is 0 Å². The highest BCUT2D eigenvalue weighted by Crippen LogP contribution is 2.24. The van der Waals surface area contributed by atoms with E-state index in [1.165, 1.54) is 19.3 Å². The second kappa shape index (κ2) is 9.83. The third-order valence-electron chi connectivity index (χ3n) is 2.91. The maximum Gasteiger partial charge on any atom is 0.132 e. The van der Waals surface area contributed by atoms with Crippen LogP contribution in [0.2, 0.25) is 0 Å². The minimum Gasteiger partial charge on any atom is -0.316 e. The van der Waals surface area contributed by atoms with E-state index in [1.54, 1.807) is 6.92 Å². The van der Waals surface area contributed by atoms with Gasteiger partial charge in [0, 0.05) is 5.92 Å². The lowest BCUT2D eigenvalue weighted by atomic mass is 10.0. The van der Waals surface area contributed by atoms with Gasteiger partial charge in [-0.05, 0) is 45.2 Å². The molecular weight excluding hydrogens is 198 g/mol. The molecule has 0 aromatic rings. The second-order valence-electron chi connectivity index (χ2n) is 5.19. The van der Waals surface area contributed by atoms with Gasteiger partial charge in [0.25, 0.3) is 0 Å². The number of hydrogen-bond donors (Lipinski definition) is 1. The van der Waals surface area contributed by atoms with Crippen molar-refractivity contribution in [2.75, 3.05) is 13.1 Å². The molecule has 0 radical (unpaired) electrons. The lowest BCUT2D eigenvalue weighted by Crippen LogP contribution is -2.19. The first kappa shape index (κ1) is 15.6. The molecule has 0 saturated heterocycles. The van der Waals surface area contributed by atoms with Crippen LogP contribution in [-0.2, 0) is 4.79 Å². The lowest BCUT2D eigenvalue weighted by Gasteiger charge is -2.03. The molecule has 0 heterocycles. The summed E-state index contributed by atoms with van der Waals surface area (Å²) in [7, 11) is 0. The van der Waals surface area contributed by atoms with Gasteiger partial charge >= 0.3 is 0 Å². The van der Waals surface area contributed by atoms with E-state index in [1.807, 2.05) is 0 Å². The molecule has 1 aliphatic carbocycles. The van der Waals surface area contributed by atoms with E-state index in [-0.39, 0.29) is 0 Å². The molecule has 1 rings (SSSR count). The van der Waals surface area contributed by atoms with Gasteiger partial charge in [-0.2, -0.15) is 0 Å². The zero-order valence-corrected chi connectivity index (χ0v) is 11.5. The standard InChI is InChI=1S/C7H17N.C7H12O/c1-4-5-8-6-7(2)3;1-6(8)7-4-2-3-5-7/h7-8H,4-6H2,1-3H3;7H,2-5H2,1H3. The summed E-state index contributed by atoms with van der Waals surface area (Å²) in [4.78, 5) is 10.6. The van der Waals surface area contributed by atoms with E-state index in [0.29, 0.717) is 11.7 Å². The smallest absolute Gasteiger partial charge is 0.132 e. The first-order valence-corrected chi connectivity index (χ1v) is 6.79. The van der Waals surface area contributed by atoms with E-state index >= 15 is 0 Å². The van der Waals surface area contributed by atoms with Crippen molar-refractivity contribution in [3.05, 3.63) is 0 Å². The third-order valence-corrected chi connectivity index (χ3v) is 2.91. The van der Waals surface area contributed by atoms with Crippen molar-refractivity contribution in [2.24, 2.45) is 11.8 Å². The molecule has 0 atom stereocenters. The molecule has 1 N–H and O–H groups in total. The summed E-state index contributed by atoms with van der Waals surface area (Å²) in [6.45, 7) is 10.7. The number of carbonyl (C=O) groups excluding carboxylic acids is 1. The zero-order chi connectivity index (χ0) is 12.4. The van der Waals surface area contributed by atoms with Crippen molar-refractivity contribution in [3.8, 4) is 0 Å². The van der Waals surface area contributed by atoms with Crippen molar-refractivity contribution in [1.29, 1.82) is 0 Å². The Balaban J connectivity index is 0.000000281. The average Bonchev–Trinajstić information content (AvgIpc) is 2.71. The Labute approximate surface area is 101 Å². The van der Waals surface area contributed by atoms with Gasteiger partial charge in [0.15, 0.2) is 0 Å². The number of hydrogen-bond acceptors (Lipinski definition) is 2. The Morgan fingerprint density at radius 2 is 1.88 bits per heavy atom. The van der Waals surface area contributed by atoms with Crippen LogP contribution < -0.4 is 5.32 Å². The monoisotopic (exact) mass is 227 g/mol. The van der Waals surface area contributed by atoms with Crippen LogP contribution in [0.4, 0.5) is 0 Å². The van der Waals surface area contributed by atoms with Crippen molar-refractivity contribution in [3.63, 3.8) is 0 Å². The Hall–Kier alpha value is -0.370. The fourth-order valence-electron chi connectivity index (χ4n) is 1.90. The molecule has 1 aliphatic rings. The van der Waals surface area contributed by atoms with Gasteiger partial charge in [-0.3, -0.25) is 4.79 Å². The highest BCUT2D eigenvalue weighted by Gasteiger charge is 2.18. The molecule has 0 bridgehead atoms. The summed E-state index contributed by atoms with van der Waals surface area (Å²) in [5.41, 5.74) is 0. The fraction of sp³-hybridized carbons (Fsp3) is 0.929. The quantitative estimate of drug-likeness (QED) is 0.729. The molecule has 0 aromatic carbocycles. The predicted molar refractivity (Wildman–Crippen MR) is 70.6 cm³/mol. The molecular formula is C14H29NO. The summed E-state index contributed by atoms with van der Waals surface area (Å²) in [5.74, 6) is 1.61. The number of rotatable bonds is 5. The Bertz CT molecular complexity index is 172. The van der Waals surface area contributed by atoms with E-state index in [2.05, 4.69) is 26.1 Å². The van der Waals surface area contributed by atoms with Gasteiger partial charge in [0.2, 0.25) is 0 Å². The Morgan fingerprint density at radius 1 is 1.31 bits per heavy atom. The molecule has 1 saturated carbocycles. The van der Waals surface area contributed by atoms with Crippen LogP contribution in [-0.4, -0.2) is 18.9 Å². The number of nitrogens with one attached hydrogen (secondary N) is 1. The summed E-state index contributed by atoms with van der Waals surface area (Å²) >= 11 is 0. The van der Waals surface area contributed by atoms with Crippen LogP contribution in [0.25, 0.3) is 0 Å². The number of ketones is 1. The van der Waals surface area contributed by atoms with Crippen molar-refractivity contribution >= 4 is 5.78 Å². The van der Waals surface area contributed by atoms with Gasteiger partial charge in [0.1, 0.15) is 5.78 Å². The largest absolute Gasteiger partial charge is 0.316 e. The second-order valence-corrected chi connectivity index (χ2v) is 5.19. The topological polar surface area (TPSA) is 29.1 Å². The van der Waals surface area contributed by atoms with E-state index in [4.69, 9.17) is 0 Å². The molecule has 2 nitrogen and oxygen atoms in total. The Morgan fingerprint density at radius 3 is 2.19 bits per heavy atom. The van der Waals surface area contributed by atoms with Gasteiger partial charge in [-0.25, -0.2) is 0 Å². The van der Waals surface area contributed by atoms with Crippen LogP contribution in [0.3, 0.4) is 0 Å². The number of Topliss-reactive ketones (excluding diaryl/α,β-unsaturated/α-hetero) is 1. The maximum absolute atomic E-state index is 10.6. The van der Waals surface area contributed by atoms with Crippen LogP contribution in [0, 0.1) is 11.8 Å². The molecule has 0 unspecified atom stereocenters. The van der Waals surface area contributed by atoms with Crippen LogP contribution in [0.5, 0.6) is 0 Å². The van der Waals surface area contributed by atoms with Crippen molar-refractivity contribution in [2.45, 2.75) is 59.8 Å². The van der Waals surface area contributed by atoms with Crippen LogP contribution in [0.1, 0.15) is 59.8 Å². The van der Waals surface area contributed by atoms with Crippen molar-refractivity contribution in [1.82, 2.24) is 5.32 Å². The van der Waals surface area contributed by atoms with Gasteiger partial charge in [0.05, 0.1) is 0 Å². The highest BCUT2D eigenvalue weighted by atomic mass is 16.1. The van der Waals surface area contributed by atoms with E-state index in [9.17, 15) is 4.79 Å². The normalized spacial score (nSPS) is 16.1.